The third-order valence-electron chi connectivity index (χ3n) is 4.58. The summed E-state index contributed by atoms with van der Waals surface area (Å²) < 4.78 is 7.22. The number of amides is 1. The number of nitrogens with one attached hydrogen (secondary N) is 1. The van der Waals surface area contributed by atoms with Crippen molar-refractivity contribution in [2.75, 3.05) is 13.1 Å². The van der Waals surface area contributed by atoms with Crippen molar-refractivity contribution in [3.63, 3.8) is 0 Å². The van der Waals surface area contributed by atoms with Gasteiger partial charge in [0, 0.05) is 25.3 Å². The molecule has 0 aromatic carbocycles. The second kappa shape index (κ2) is 7.07. The number of ether oxygens (including phenoxy) is 1. The first-order valence-electron chi connectivity index (χ1n) is 8.61. The minimum atomic E-state index is -0.248. The molecule has 0 saturated carbocycles. The van der Waals surface area contributed by atoms with Gasteiger partial charge in [0.2, 0.25) is 0 Å². The first kappa shape index (κ1) is 16.5. The molecule has 1 atom stereocenters. The van der Waals surface area contributed by atoms with Crippen molar-refractivity contribution in [3.8, 4) is 0 Å². The van der Waals surface area contributed by atoms with Crippen LogP contribution < -0.4 is 5.69 Å². The number of carbonyl (C=O) groups excluding carboxylic acids is 1. The number of rotatable bonds is 4. The van der Waals surface area contributed by atoms with Crippen molar-refractivity contribution in [1.82, 2.24) is 19.4 Å². The van der Waals surface area contributed by atoms with Crippen LogP contribution in [0.2, 0.25) is 0 Å². The lowest BCUT2D eigenvalue weighted by Gasteiger charge is -2.32. The summed E-state index contributed by atoms with van der Waals surface area (Å²) in [5.74, 6) is 0. The van der Waals surface area contributed by atoms with Crippen molar-refractivity contribution in [2.24, 2.45) is 0 Å². The lowest BCUT2D eigenvalue weighted by Crippen LogP contribution is -2.41. The zero-order valence-electron chi connectivity index (χ0n) is 14.2. The lowest BCUT2D eigenvalue weighted by molar-refractivity contribution is 0.0567. The Kier molecular flexibility index (Phi) is 4.87. The van der Waals surface area contributed by atoms with E-state index < -0.39 is 0 Å². The third kappa shape index (κ3) is 3.29. The van der Waals surface area contributed by atoms with Gasteiger partial charge >= 0.3 is 11.8 Å². The number of pyridine rings is 1. The van der Waals surface area contributed by atoms with Crippen LogP contribution in [0.1, 0.15) is 45.6 Å². The summed E-state index contributed by atoms with van der Waals surface area (Å²) >= 11 is 0. The molecule has 0 radical (unpaired) electrons. The van der Waals surface area contributed by atoms with Crippen LogP contribution in [0.15, 0.2) is 23.1 Å². The van der Waals surface area contributed by atoms with E-state index in [0.29, 0.717) is 18.7 Å². The second-order valence-corrected chi connectivity index (χ2v) is 6.37. The number of piperidine rings is 1. The number of likely N-dealkylation sites (tertiary alicyclic amines) is 1. The fourth-order valence-corrected chi connectivity index (χ4v) is 3.34. The molecule has 0 spiro atoms. The Balaban J connectivity index is 1.65. The predicted octanol–water partition coefficient (Wildman–Crippen LogP) is 2.69. The maximum Gasteiger partial charge on any atom is 0.410 e. The summed E-state index contributed by atoms with van der Waals surface area (Å²) in [6.45, 7) is 5.19. The minimum absolute atomic E-state index is 0.0532. The molecule has 1 N–H and O–H groups in total. The number of hydrogen-bond acceptors (Lipinski definition) is 4. The maximum atomic E-state index is 12.2. The summed E-state index contributed by atoms with van der Waals surface area (Å²) in [6.07, 6.45) is 4.70. The molecular weight excluding hydrogens is 308 g/mol. The molecular formula is C17H24N4O3. The van der Waals surface area contributed by atoms with Gasteiger partial charge in [0.15, 0.2) is 5.65 Å². The largest absolute Gasteiger partial charge is 0.446 e. The lowest BCUT2D eigenvalue weighted by atomic mass is 10.1. The molecule has 130 valence electrons. The Morgan fingerprint density at radius 3 is 2.92 bits per heavy atom. The SMILES string of the molecule is CCC[C@H](C)OC(=O)N1CCC(n2c(=O)[nH]c3ncccc32)CC1. The van der Waals surface area contributed by atoms with E-state index in [1.54, 1.807) is 15.7 Å². The first-order valence-corrected chi connectivity index (χ1v) is 8.61. The van der Waals surface area contributed by atoms with Crippen LogP contribution in [-0.4, -0.2) is 44.7 Å². The topological polar surface area (TPSA) is 80.2 Å². The van der Waals surface area contributed by atoms with E-state index in [9.17, 15) is 9.59 Å². The Morgan fingerprint density at radius 2 is 2.21 bits per heavy atom. The maximum absolute atomic E-state index is 12.2. The van der Waals surface area contributed by atoms with E-state index in [-0.39, 0.29) is 23.9 Å². The number of fused-ring (bicyclic) bond motifs is 1. The summed E-state index contributed by atoms with van der Waals surface area (Å²) in [5, 5.41) is 0. The van der Waals surface area contributed by atoms with E-state index in [1.807, 2.05) is 19.1 Å². The molecule has 0 bridgehead atoms. The number of aromatic nitrogens is 3. The van der Waals surface area contributed by atoms with Gasteiger partial charge in [-0.15, -0.1) is 0 Å². The van der Waals surface area contributed by atoms with Crippen LogP contribution in [0.5, 0.6) is 0 Å². The van der Waals surface area contributed by atoms with Gasteiger partial charge in [-0.1, -0.05) is 13.3 Å². The van der Waals surface area contributed by atoms with Crippen molar-refractivity contribution in [2.45, 2.75) is 51.7 Å². The number of imidazole rings is 1. The third-order valence-corrected chi connectivity index (χ3v) is 4.58. The summed E-state index contributed by atoms with van der Waals surface area (Å²) in [5.41, 5.74) is 1.29. The summed E-state index contributed by atoms with van der Waals surface area (Å²) in [6, 6.07) is 3.80. The summed E-state index contributed by atoms with van der Waals surface area (Å²) in [7, 11) is 0. The molecule has 3 rings (SSSR count). The van der Waals surface area contributed by atoms with E-state index in [1.165, 1.54) is 0 Å². The molecule has 7 heteroatoms. The van der Waals surface area contributed by atoms with Gasteiger partial charge in [-0.05, 0) is 38.3 Å². The number of aromatic amines is 1. The van der Waals surface area contributed by atoms with Crippen LogP contribution >= 0.6 is 0 Å². The zero-order valence-corrected chi connectivity index (χ0v) is 14.2. The van der Waals surface area contributed by atoms with E-state index in [2.05, 4.69) is 16.9 Å². The highest BCUT2D eigenvalue weighted by Gasteiger charge is 2.27. The average molecular weight is 332 g/mol. The molecule has 0 unspecified atom stereocenters. The molecule has 3 heterocycles. The molecule has 0 aliphatic carbocycles. The fraction of sp³-hybridized carbons (Fsp3) is 0.588. The summed E-state index contributed by atoms with van der Waals surface area (Å²) in [4.78, 5) is 33.1. The number of hydrogen-bond donors (Lipinski definition) is 1. The molecule has 1 amide bonds. The van der Waals surface area contributed by atoms with Crippen LogP contribution in [0.3, 0.4) is 0 Å². The molecule has 24 heavy (non-hydrogen) atoms. The highest BCUT2D eigenvalue weighted by atomic mass is 16.6. The minimum Gasteiger partial charge on any atom is -0.446 e. The fourth-order valence-electron chi connectivity index (χ4n) is 3.34. The highest BCUT2D eigenvalue weighted by Crippen LogP contribution is 2.24. The molecule has 1 saturated heterocycles. The van der Waals surface area contributed by atoms with Gasteiger partial charge in [0.25, 0.3) is 0 Å². The standard InChI is InChI=1S/C17H24N4O3/c1-3-5-12(2)24-17(23)20-10-7-13(8-11-20)21-14-6-4-9-18-15(14)19-16(21)22/h4,6,9,12-13H,3,5,7-8,10-11H2,1-2H3,(H,18,19,22)/t12-/m0/s1. The number of nitrogens with zero attached hydrogens (tertiary/aromatic N) is 3. The molecule has 1 fully saturated rings. The van der Waals surface area contributed by atoms with E-state index in [4.69, 9.17) is 4.74 Å². The Labute approximate surface area is 140 Å². The molecule has 1 aliphatic rings. The Hall–Kier alpha value is -2.31. The van der Waals surface area contributed by atoms with Gasteiger partial charge in [0.05, 0.1) is 5.52 Å². The van der Waals surface area contributed by atoms with Crippen molar-refractivity contribution in [1.29, 1.82) is 0 Å². The van der Waals surface area contributed by atoms with Gasteiger partial charge in [-0.2, -0.15) is 0 Å². The number of H-pyrrole nitrogens is 1. The van der Waals surface area contributed by atoms with E-state index >= 15 is 0 Å². The number of carbonyl (C=O) groups is 1. The molecule has 2 aromatic heterocycles. The van der Waals surface area contributed by atoms with Gasteiger partial charge < -0.3 is 9.64 Å². The smallest absolute Gasteiger partial charge is 0.410 e. The Morgan fingerprint density at radius 1 is 1.46 bits per heavy atom. The quantitative estimate of drug-likeness (QED) is 0.933. The average Bonchev–Trinajstić information content (AvgIpc) is 2.91. The first-order chi connectivity index (χ1) is 11.6. The molecule has 1 aliphatic heterocycles. The van der Waals surface area contributed by atoms with Crippen LogP contribution in [0, 0.1) is 0 Å². The van der Waals surface area contributed by atoms with E-state index in [0.717, 1.165) is 31.2 Å². The second-order valence-electron chi connectivity index (χ2n) is 6.37. The van der Waals surface area contributed by atoms with Crippen LogP contribution in [-0.2, 0) is 4.74 Å². The Bertz CT molecular complexity index is 759. The van der Waals surface area contributed by atoms with Crippen molar-refractivity contribution in [3.05, 3.63) is 28.8 Å². The molecule has 7 nitrogen and oxygen atoms in total. The highest BCUT2D eigenvalue weighted by molar-refractivity contribution is 5.70. The normalized spacial score (nSPS) is 17.2. The van der Waals surface area contributed by atoms with Crippen molar-refractivity contribution < 1.29 is 9.53 Å². The van der Waals surface area contributed by atoms with Crippen LogP contribution in [0.25, 0.3) is 11.2 Å². The monoisotopic (exact) mass is 332 g/mol. The van der Waals surface area contributed by atoms with Gasteiger partial charge in [0.1, 0.15) is 6.10 Å². The van der Waals surface area contributed by atoms with Crippen LogP contribution in [0.4, 0.5) is 4.79 Å². The van der Waals surface area contributed by atoms with Gasteiger partial charge in [-0.3, -0.25) is 9.55 Å². The predicted molar refractivity (Wildman–Crippen MR) is 91.0 cm³/mol. The molecule has 2 aromatic rings. The zero-order chi connectivity index (χ0) is 17.1. The van der Waals surface area contributed by atoms with Crippen molar-refractivity contribution >= 4 is 17.3 Å². The van der Waals surface area contributed by atoms with Gasteiger partial charge in [-0.25, -0.2) is 14.6 Å².